The van der Waals surface area contributed by atoms with Crippen LogP contribution in [0.25, 0.3) is 11.1 Å². The van der Waals surface area contributed by atoms with Crippen molar-refractivity contribution >= 4 is 11.7 Å². The van der Waals surface area contributed by atoms with Gasteiger partial charge in [-0.2, -0.15) is 0 Å². The van der Waals surface area contributed by atoms with Crippen molar-refractivity contribution in [2.75, 3.05) is 44.4 Å². The molecule has 1 aliphatic heterocycles. The van der Waals surface area contributed by atoms with E-state index in [9.17, 15) is 14.3 Å². The van der Waals surface area contributed by atoms with Crippen molar-refractivity contribution in [2.24, 2.45) is 5.41 Å². The van der Waals surface area contributed by atoms with Crippen LogP contribution in [-0.4, -0.2) is 61.2 Å². The second-order valence-corrected chi connectivity index (χ2v) is 13.9. The number of ether oxygens (including phenoxy) is 4. The van der Waals surface area contributed by atoms with Gasteiger partial charge in [-0.1, -0.05) is 38.1 Å². The Hall–Kier alpha value is -3.53. The van der Waals surface area contributed by atoms with Crippen molar-refractivity contribution in [1.82, 2.24) is 4.98 Å². The largest absolute Gasteiger partial charge is 0.493 e. The Kier molecular flexibility index (Phi) is 12.4. The van der Waals surface area contributed by atoms with Gasteiger partial charge in [-0.3, -0.25) is 4.98 Å². The minimum atomic E-state index is -1.26. The summed E-state index contributed by atoms with van der Waals surface area (Å²) in [6, 6.07) is 14.3. The van der Waals surface area contributed by atoms with Crippen LogP contribution in [0.4, 0.5) is 10.1 Å². The third-order valence-corrected chi connectivity index (χ3v) is 8.39. The number of halogens is 1. The Balaban J connectivity index is 1.77. The predicted molar refractivity (Wildman–Crippen MR) is 183 cm³/mol. The lowest BCUT2D eigenvalue weighted by Crippen LogP contribution is -2.39. The molecule has 3 aromatic rings. The highest BCUT2D eigenvalue weighted by molar-refractivity contribution is 5.88. The lowest BCUT2D eigenvalue weighted by atomic mass is 9.81. The summed E-state index contributed by atoms with van der Waals surface area (Å²) in [5.41, 5.74) is 4.94. The number of hydrogen-bond donors (Lipinski definition) is 1. The van der Waals surface area contributed by atoms with Gasteiger partial charge < -0.3 is 29.0 Å². The number of rotatable bonds is 15. The number of carboxylic acids is 1. The van der Waals surface area contributed by atoms with Crippen LogP contribution < -0.4 is 9.64 Å². The van der Waals surface area contributed by atoms with E-state index in [0.717, 1.165) is 54.0 Å². The molecule has 0 radical (unpaired) electrons. The Labute approximate surface area is 279 Å². The van der Waals surface area contributed by atoms with E-state index in [1.54, 1.807) is 12.1 Å². The Bertz CT molecular complexity index is 1460. The number of pyridine rings is 1. The van der Waals surface area contributed by atoms with Crippen molar-refractivity contribution in [3.05, 3.63) is 76.9 Å². The summed E-state index contributed by atoms with van der Waals surface area (Å²) in [7, 11) is 0. The number of carboxylic acid groups (broad SMARTS) is 1. The molecular weight excluding hydrogens is 599 g/mol. The van der Waals surface area contributed by atoms with Gasteiger partial charge in [0, 0.05) is 42.9 Å². The minimum Gasteiger partial charge on any atom is -0.493 e. The average Bonchev–Trinajstić information content (AvgIpc) is 3.01. The molecule has 0 amide bonds. The summed E-state index contributed by atoms with van der Waals surface area (Å²) < 4.78 is 37.1. The summed E-state index contributed by atoms with van der Waals surface area (Å²) >= 11 is 0. The molecular formula is C38H51FN2O6. The summed E-state index contributed by atoms with van der Waals surface area (Å²) in [6.45, 7) is 17.6. The van der Waals surface area contributed by atoms with Crippen molar-refractivity contribution in [3.63, 3.8) is 0 Å². The van der Waals surface area contributed by atoms with Crippen LogP contribution >= 0.6 is 0 Å². The first kappa shape index (κ1) is 36.3. The molecule has 256 valence electrons. The third kappa shape index (κ3) is 10.2. The quantitative estimate of drug-likeness (QED) is 0.166. The molecule has 9 heteroatoms. The van der Waals surface area contributed by atoms with Gasteiger partial charge >= 0.3 is 5.97 Å². The van der Waals surface area contributed by atoms with Gasteiger partial charge in [-0.05, 0) is 88.3 Å². The number of benzene rings is 2. The number of carbonyl (C=O) groups is 1. The highest BCUT2D eigenvalue weighted by Crippen LogP contribution is 2.45. The van der Waals surface area contributed by atoms with Crippen LogP contribution in [0.2, 0.25) is 0 Å². The summed E-state index contributed by atoms with van der Waals surface area (Å²) in [5.74, 6) is -0.620. The molecule has 0 unspecified atom stereocenters. The van der Waals surface area contributed by atoms with Crippen molar-refractivity contribution in [1.29, 1.82) is 0 Å². The van der Waals surface area contributed by atoms with Gasteiger partial charge in [-0.25, -0.2) is 9.18 Å². The zero-order chi connectivity index (χ0) is 34.2. The average molecular weight is 651 g/mol. The number of aryl methyl sites for hydroxylation is 1. The fraction of sp³-hybridized carbons (Fsp3) is 0.526. The molecule has 0 spiro atoms. The molecule has 47 heavy (non-hydrogen) atoms. The molecule has 1 aliphatic rings. The topological polar surface area (TPSA) is 90.4 Å². The van der Waals surface area contributed by atoms with E-state index in [1.807, 2.05) is 58.9 Å². The van der Waals surface area contributed by atoms with Gasteiger partial charge in [0.1, 0.15) is 11.6 Å². The monoisotopic (exact) mass is 650 g/mol. The maximum absolute atomic E-state index is 13.3. The lowest BCUT2D eigenvalue weighted by molar-refractivity contribution is -0.160. The molecule has 0 bridgehead atoms. The number of hydrogen-bond acceptors (Lipinski definition) is 7. The number of nitrogens with zero attached hydrogens (tertiary/aromatic N) is 2. The van der Waals surface area contributed by atoms with Crippen LogP contribution in [0.5, 0.6) is 5.75 Å². The molecule has 2 heterocycles. The van der Waals surface area contributed by atoms with Crippen molar-refractivity contribution in [2.45, 2.75) is 86.0 Å². The van der Waals surface area contributed by atoms with E-state index >= 15 is 0 Å². The number of aliphatic carboxylic acids is 1. The smallest absolute Gasteiger partial charge is 0.337 e. The summed E-state index contributed by atoms with van der Waals surface area (Å²) in [4.78, 5) is 20.3. The first-order valence-electron chi connectivity index (χ1n) is 16.6. The fourth-order valence-corrected chi connectivity index (χ4v) is 5.83. The fourth-order valence-electron chi connectivity index (χ4n) is 5.83. The van der Waals surface area contributed by atoms with Gasteiger partial charge in [0.25, 0.3) is 0 Å². The predicted octanol–water partition coefficient (Wildman–Crippen LogP) is 7.94. The first-order chi connectivity index (χ1) is 22.3. The van der Waals surface area contributed by atoms with Crippen LogP contribution in [0.3, 0.4) is 0 Å². The van der Waals surface area contributed by atoms with E-state index in [4.69, 9.17) is 23.9 Å². The van der Waals surface area contributed by atoms with E-state index < -0.39 is 17.7 Å². The van der Waals surface area contributed by atoms with Crippen molar-refractivity contribution in [3.8, 4) is 16.9 Å². The maximum Gasteiger partial charge on any atom is 0.337 e. The van der Waals surface area contributed by atoms with Crippen LogP contribution in [0.15, 0.2) is 48.5 Å². The molecule has 2 aromatic carbocycles. The Morgan fingerprint density at radius 1 is 1.00 bits per heavy atom. The second-order valence-electron chi connectivity index (χ2n) is 13.9. The number of piperidine rings is 1. The molecule has 1 fully saturated rings. The maximum atomic E-state index is 13.3. The zero-order valence-corrected chi connectivity index (χ0v) is 29.0. The molecule has 1 aromatic heterocycles. The lowest BCUT2D eigenvalue weighted by Gasteiger charge is -2.41. The minimum absolute atomic E-state index is 0.133. The van der Waals surface area contributed by atoms with Gasteiger partial charge in [0.15, 0.2) is 6.10 Å². The van der Waals surface area contributed by atoms with E-state index in [1.165, 1.54) is 12.1 Å². The second kappa shape index (κ2) is 16.0. The molecule has 1 N–H and O–H groups in total. The third-order valence-electron chi connectivity index (χ3n) is 8.39. The first-order valence-corrected chi connectivity index (χ1v) is 16.6. The van der Waals surface area contributed by atoms with Gasteiger partial charge in [0.2, 0.25) is 0 Å². The molecule has 0 aliphatic carbocycles. The molecule has 8 nitrogen and oxygen atoms in total. The Morgan fingerprint density at radius 3 is 2.23 bits per heavy atom. The molecule has 1 atom stereocenters. The highest BCUT2D eigenvalue weighted by Gasteiger charge is 2.37. The van der Waals surface area contributed by atoms with Gasteiger partial charge in [0.05, 0.1) is 43.4 Å². The van der Waals surface area contributed by atoms with Crippen LogP contribution in [-0.2, 0) is 32.0 Å². The SMILES string of the molecule is CCOCCOCc1nc(C)c(-c2ccc(OCCc3ccc(F)cc3)cc2)c(N2CCC(C)(C)CC2)c1[C@H](OC(C)(C)C)C(=O)O. The number of aromatic nitrogens is 1. The molecule has 4 rings (SSSR count). The summed E-state index contributed by atoms with van der Waals surface area (Å²) in [6.07, 6.45) is 1.33. The molecule has 0 saturated carbocycles. The molecule has 1 saturated heterocycles. The van der Waals surface area contributed by atoms with E-state index in [0.29, 0.717) is 49.9 Å². The van der Waals surface area contributed by atoms with Gasteiger partial charge in [-0.15, -0.1) is 0 Å². The van der Waals surface area contributed by atoms with E-state index in [-0.39, 0.29) is 17.8 Å². The normalized spacial score (nSPS) is 15.4. The van der Waals surface area contributed by atoms with Crippen LogP contribution in [0, 0.1) is 18.2 Å². The summed E-state index contributed by atoms with van der Waals surface area (Å²) in [5, 5.41) is 10.6. The van der Waals surface area contributed by atoms with E-state index in [2.05, 4.69) is 18.7 Å². The van der Waals surface area contributed by atoms with Crippen molar-refractivity contribution < 1.29 is 33.2 Å². The van der Waals surface area contributed by atoms with Crippen LogP contribution in [0.1, 0.15) is 83.0 Å². The standard InChI is InChI=1S/C38H51FN2O6/c1-8-44-23-24-45-25-31-33(35(36(42)43)47-37(3,4)5)34(41-20-18-38(6,7)19-21-41)32(26(2)40-31)28-11-15-30(16-12-28)46-22-17-27-9-13-29(39)14-10-27/h9-16,35H,8,17-25H2,1-7H3,(H,42,43)/t35-/m0/s1. The number of anilines is 1. The highest BCUT2D eigenvalue weighted by atomic mass is 19.1. The zero-order valence-electron chi connectivity index (χ0n) is 29.0. The Morgan fingerprint density at radius 2 is 1.64 bits per heavy atom.